The third kappa shape index (κ3) is 12.3. The van der Waals surface area contributed by atoms with Gasteiger partial charge in [-0.1, -0.05) is 53.1 Å². The second-order valence-corrected chi connectivity index (χ2v) is 10.8. The molecule has 3 aromatic carbocycles. The molecule has 0 atom stereocenters. The topological polar surface area (TPSA) is 75.4 Å². The number of hydrogen-bond donors (Lipinski definition) is 6. The number of nitrogens with one attached hydrogen (secondary N) is 6. The van der Waals surface area contributed by atoms with Crippen molar-refractivity contribution in [3.63, 3.8) is 0 Å². The molecule has 0 aliphatic rings. The summed E-state index contributed by atoms with van der Waals surface area (Å²) >= 11 is 16.5. The summed E-state index contributed by atoms with van der Waals surface area (Å²) in [5, 5.41) is 21.5. The van der Waals surface area contributed by atoms with Crippen LogP contribution in [-0.4, -0.2) is 59.5 Å². The van der Waals surface area contributed by atoms with Crippen LogP contribution in [0.4, 0.5) is 17.1 Å². The van der Waals surface area contributed by atoms with Crippen molar-refractivity contribution in [1.82, 2.24) is 20.9 Å². The van der Waals surface area contributed by atoms with Crippen molar-refractivity contribution < 1.29 is 0 Å². The van der Waals surface area contributed by atoms with Gasteiger partial charge in [-0.05, 0) is 93.8 Å². The summed E-state index contributed by atoms with van der Waals surface area (Å²) in [6, 6.07) is 24.5. The Hall–Kier alpha value is -3.31. The van der Waals surface area contributed by atoms with E-state index in [4.69, 9.17) is 36.7 Å². The average Bonchev–Trinajstić information content (AvgIpc) is 2.92. The Labute approximate surface area is 254 Å². The van der Waals surface area contributed by atoms with E-state index in [1.54, 1.807) is 0 Å². The molecular weight excluding hydrogens is 555 g/mol. The van der Waals surface area contributed by atoms with Crippen LogP contribution in [-0.2, 0) is 0 Å². The highest BCUT2D eigenvalue weighted by Gasteiger charge is 2.07. The molecule has 0 bridgehead atoms. The third-order valence-corrected chi connectivity index (χ3v) is 6.81. The molecule has 3 aromatic rings. The zero-order valence-electron chi connectivity index (χ0n) is 23.3. The maximum absolute atomic E-state index is 5.49. The molecule has 0 amide bonds. The van der Waals surface area contributed by atoms with Crippen LogP contribution in [0.5, 0.6) is 0 Å². The molecular formula is C30H39N7S3. The lowest BCUT2D eigenvalue weighted by molar-refractivity contribution is 0.286. The molecule has 0 spiro atoms. The van der Waals surface area contributed by atoms with Crippen molar-refractivity contribution in [2.24, 2.45) is 0 Å². The van der Waals surface area contributed by atoms with Crippen molar-refractivity contribution in [2.75, 3.05) is 55.2 Å². The molecule has 10 heteroatoms. The summed E-state index contributed by atoms with van der Waals surface area (Å²) in [5.74, 6) is 0. The fourth-order valence-corrected chi connectivity index (χ4v) is 4.41. The summed E-state index contributed by atoms with van der Waals surface area (Å²) < 4.78 is 0. The maximum Gasteiger partial charge on any atom is 0.170 e. The van der Waals surface area contributed by atoms with Gasteiger partial charge >= 0.3 is 0 Å². The lowest BCUT2D eigenvalue weighted by Gasteiger charge is -2.24. The zero-order valence-corrected chi connectivity index (χ0v) is 25.8. The van der Waals surface area contributed by atoms with Crippen LogP contribution < -0.4 is 31.9 Å². The van der Waals surface area contributed by atoms with E-state index in [1.165, 1.54) is 16.7 Å². The Morgan fingerprint density at radius 1 is 0.475 bits per heavy atom. The molecule has 0 heterocycles. The Morgan fingerprint density at radius 3 is 0.975 bits per heavy atom. The van der Waals surface area contributed by atoms with Gasteiger partial charge in [0.25, 0.3) is 0 Å². The predicted molar refractivity (Wildman–Crippen MR) is 183 cm³/mol. The van der Waals surface area contributed by atoms with Crippen LogP contribution in [0.1, 0.15) is 16.7 Å². The Kier molecular flexibility index (Phi) is 13.0. The first-order valence-corrected chi connectivity index (χ1v) is 14.6. The van der Waals surface area contributed by atoms with E-state index in [-0.39, 0.29) is 0 Å². The number of nitrogens with zero attached hydrogens (tertiary/aromatic N) is 1. The van der Waals surface area contributed by atoms with Gasteiger partial charge in [-0.3, -0.25) is 4.90 Å². The second kappa shape index (κ2) is 16.7. The van der Waals surface area contributed by atoms with E-state index in [0.717, 1.165) is 36.7 Å². The first kappa shape index (κ1) is 31.2. The van der Waals surface area contributed by atoms with Crippen molar-refractivity contribution >= 4 is 69.1 Å². The van der Waals surface area contributed by atoms with Crippen molar-refractivity contribution in [3.8, 4) is 0 Å². The number of thiocarbonyl (C=S) groups is 3. The van der Waals surface area contributed by atoms with E-state index in [2.05, 4.69) is 94.0 Å². The van der Waals surface area contributed by atoms with E-state index in [1.807, 2.05) is 36.4 Å². The summed E-state index contributed by atoms with van der Waals surface area (Å²) in [7, 11) is 0. The first-order valence-electron chi connectivity index (χ1n) is 13.3. The molecule has 0 aliphatic carbocycles. The molecule has 0 fully saturated rings. The van der Waals surface area contributed by atoms with Gasteiger partial charge in [0.2, 0.25) is 0 Å². The summed E-state index contributed by atoms with van der Waals surface area (Å²) in [6.45, 7) is 10.7. The number of benzene rings is 3. The lowest BCUT2D eigenvalue weighted by atomic mass is 10.2. The Balaban J connectivity index is 1.44. The fourth-order valence-electron chi connectivity index (χ4n) is 3.75. The van der Waals surface area contributed by atoms with Gasteiger partial charge in [-0.15, -0.1) is 0 Å². The molecule has 0 saturated carbocycles. The molecule has 6 N–H and O–H groups in total. The number of hydrogen-bond acceptors (Lipinski definition) is 4. The van der Waals surface area contributed by atoms with Gasteiger partial charge in [0.05, 0.1) is 0 Å². The van der Waals surface area contributed by atoms with Gasteiger partial charge in [-0.2, -0.15) is 0 Å². The van der Waals surface area contributed by atoms with Gasteiger partial charge in [-0.25, -0.2) is 0 Å². The van der Waals surface area contributed by atoms with Crippen molar-refractivity contribution in [2.45, 2.75) is 20.8 Å². The summed E-state index contributed by atoms with van der Waals surface area (Å²) in [4.78, 5) is 2.34. The Bertz CT molecular complexity index is 1070. The smallest absolute Gasteiger partial charge is 0.170 e. The summed E-state index contributed by atoms with van der Waals surface area (Å²) in [5.41, 5.74) is 6.55. The van der Waals surface area contributed by atoms with Gasteiger partial charge < -0.3 is 31.9 Å². The SMILES string of the molecule is Cc1ccc(NC(=S)NCCN(CCNC(=S)Nc2ccc(C)cc2)CCNC(=S)Nc2ccc(C)cc2)cc1. The van der Waals surface area contributed by atoms with Crippen molar-refractivity contribution in [1.29, 1.82) is 0 Å². The highest BCUT2D eigenvalue weighted by atomic mass is 32.1. The van der Waals surface area contributed by atoms with E-state index >= 15 is 0 Å². The molecule has 0 unspecified atom stereocenters. The molecule has 3 rings (SSSR count). The highest BCUT2D eigenvalue weighted by molar-refractivity contribution is 7.80. The minimum Gasteiger partial charge on any atom is -0.361 e. The summed E-state index contributed by atoms with van der Waals surface area (Å²) in [6.07, 6.45) is 0. The quantitative estimate of drug-likeness (QED) is 0.158. The molecule has 0 aromatic heterocycles. The van der Waals surface area contributed by atoms with Crippen LogP contribution in [0, 0.1) is 20.8 Å². The largest absolute Gasteiger partial charge is 0.361 e. The minimum atomic E-state index is 0.604. The molecule has 0 saturated heterocycles. The monoisotopic (exact) mass is 593 g/mol. The molecule has 0 aliphatic heterocycles. The van der Waals surface area contributed by atoms with Crippen LogP contribution in [0.2, 0.25) is 0 Å². The fraction of sp³-hybridized carbons (Fsp3) is 0.300. The molecule has 0 radical (unpaired) electrons. The first-order chi connectivity index (χ1) is 19.3. The van der Waals surface area contributed by atoms with Crippen molar-refractivity contribution in [3.05, 3.63) is 89.5 Å². The maximum atomic E-state index is 5.49. The minimum absolute atomic E-state index is 0.604. The van der Waals surface area contributed by atoms with E-state index < -0.39 is 0 Å². The average molecular weight is 594 g/mol. The normalized spacial score (nSPS) is 10.5. The van der Waals surface area contributed by atoms with E-state index in [0.29, 0.717) is 35.0 Å². The molecule has 7 nitrogen and oxygen atoms in total. The van der Waals surface area contributed by atoms with Crippen LogP contribution >= 0.6 is 36.7 Å². The van der Waals surface area contributed by atoms with Gasteiger partial charge in [0, 0.05) is 56.3 Å². The van der Waals surface area contributed by atoms with Crippen LogP contribution in [0.15, 0.2) is 72.8 Å². The molecule has 40 heavy (non-hydrogen) atoms. The lowest BCUT2D eigenvalue weighted by Crippen LogP contribution is -2.44. The van der Waals surface area contributed by atoms with Crippen LogP contribution in [0.25, 0.3) is 0 Å². The zero-order chi connectivity index (χ0) is 28.7. The standard InChI is InChI=1S/C30H39N7S3/c1-22-4-10-25(11-5-22)34-28(38)31-16-19-37(20-17-32-29(39)35-26-12-6-23(2)7-13-26)21-18-33-30(40)36-27-14-8-24(3)9-15-27/h4-15H,16-21H2,1-3H3,(H2,31,34,38)(H2,32,35,39)(H2,33,36,40). The Morgan fingerprint density at radius 2 is 0.725 bits per heavy atom. The number of aryl methyl sites for hydroxylation is 3. The number of anilines is 3. The van der Waals surface area contributed by atoms with Gasteiger partial charge in [0.15, 0.2) is 15.3 Å². The second-order valence-electron chi connectivity index (χ2n) is 9.58. The van der Waals surface area contributed by atoms with Crippen LogP contribution in [0.3, 0.4) is 0 Å². The predicted octanol–water partition coefficient (Wildman–Crippen LogP) is 5.17. The highest BCUT2D eigenvalue weighted by Crippen LogP contribution is 2.10. The number of rotatable bonds is 12. The van der Waals surface area contributed by atoms with Gasteiger partial charge in [0.1, 0.15) is 0 Å². The third-order valence-electron chi connectivity index (χ3n) is 6.07. The molecule has 212 valence electrons. The van der Waals surface area contributed by atoms with E-state index in [9.17, 15) is 0 Å².